The van der Waals surface area contributed by atoms with Crippen LogP contribution in [0.3, 0.4) is 0 Å². The number of hydrogen-bond donors (Lipinski definition) is 2. The maximum Gasteiger partial charge on any atom is 0.287 e. The van der Waals surface area contributed by atoms with E-state index in [1.54, 1.807) is 6.92 Å². The molecule has 25 heavy (non-hydrogen) atoms. The Hall–Kier alpha value is -1.42. The van der Waals surface area contributed by atoms with Crippen LogP contribution in [0.15, 0.2) is 15.4 Å². The molecule has 2 aliphatic rings. The van der Waals surface area contributed by atoms with Crippen LogP contribution in [0.5, 0.6) is 0 Å². The molecule has 2 aliphatic heterocycles. The lowest BCUT2D eigenvalue weighted by Crippen LogP contribution is -2.46. The molecule has 1 aromatic rings. The third-order valence-corrected chi connectivity index (χ3v) is 6.71. The fraction of sp³-hybridized carbons (Fsp3) is 0.688. The predicted octanol–water partition coefficient (Wildman–Crippen LogP) is 0.00752. The topological polar surface area (TPSA) is 94.9 Å². The summed E-state index contributed by atoms with van der Waals surface area (Å²) in [6, 6.07) is 1.35. The molecule has 3 heterocycles. The molecule has 2 saturated heterocycles. The Kier molecular flexibility index (Phi) is 5.78. The monoisotopic (exact) mass is 370 g/mol. The molecular formula is C16H26N4O4S. The summed E-state index contributed by atoms with van der Waals surface area (Å²) in [6.07, 6.45) is 1.74. The first-order chi connectivity index (χ1) is 12.0. The van der Waals surface area contributed by atoms with Crippen LogP contribution in [-0.4, -0.2) is 75.9 Å². The van der Waals surface area contributed by atoms with Crippen LogP contribution in [0.4, 0.5) is 0 Å². The van der Waals surface area contributed by atoms with Gasteiger partial charge < -0.3 is 15.1 Å². The minimum absolute atomic E-state index is 0.0515. The van der Waals surface area contributed by atoms with Crippen molar-refractivity contribution in [3.8, 4) is 0 Å². The van der Waals surface area contributed by atoms with E-state index in [2.05, 4.69) is 15.5 Å². The summed E-state index contributed by atoms with van der Waals surface area (Å²) in [4.78, 5) is 14.6. The molecule has 0 aromatic carbocycles. The summed E-state index contributed by atoms with van der Waals surface area (Å²) in [5, 5.41) is 6.09. The summed E-state index contributed by atoms with van der Waals surface area (Å²) in [5.74, 6) is -0.0594. The summed E-state index contributed by atoms with van der Waals surface area (Å²) in [5.41, 5.74) is 0. The Morgan fingerprint density at radius 1 is 1.24 bits per heavy atom. The fourth-order valence-electron chi connectivity index (χ4n) is 3.25. The lowest BCUT2D eigenvalue weighted by atomic mass is 10.3. The van der Waals surface area contributed by atoms with E-state index < -0.39 is 10.0 Å². The van der Waals surface area contributed by atoms with Crippen LogP contribution in [0.25, 0.3) is 0 Å². The van der Waals surface area contributed by atoms with Crippen molar-refractivity contribution in [3.63, 3.8) is 0 Å². The SMILES string of the molecule is Cc1oc(C(=O)NCCN2CCNCC2)cc1S(=O)(=O)N1CCCC1. The van der Waals surface area contributed by atoms with Crippen LogP contribution in [0.1, 0.15) is 29.2 Å². The number of furan rings is 1. The maximum absolute atomic E-state index is 12.6. The van der Waals surface area contributed by atoms with Crippen LogP contribution in [0, 0.1) is 6.92 Å². The summed E-state index contributed by atoms with van der Waals surface area (Å²) >= 11 is 0. The smallest absolute Gasteiger partial charge is 0.287 e. The van der Waals surface area contributed by atoms with Gasteiger partial charge in [-0.25, -0.2) is 8.42 Å². The summed E-state index contributed by atoms with van der Waals surface area (Å²) in [6.45, 7) is 7.77. The average Bonchev–Trinajstić information content (AvgIpc) is 3.26. The number of carbonyl (C=O) groups excluding carboxylic acids is 1. The second kappa shape index (κ2) is 7.86. The first-order valence-electron chi connectivity index (χ1n) is 8.80. The molecule has 2 N–H and O–H groups in total. The number of aryl methyl sites for hydroxylation is 1. The zero-order valence-electron chi connectivity index (χ0n) is 14.6. The van der Waals surface area contributed by atoms with Crippen molar-refractivity contribution in [3.05, 3.63) is 17.6 Å². The highest BCUT2D eigenvalue weighted by atomic mass is 32.2. The number of sulfonamides is 1. The Morgan fingerprint density at radius 2 is 1.92 bits per heavy atom. The Bertz CT molecular complexity index is 704. The number of nitrogens with one attached hydrogen (secondary N) is 2. The molecule has 8 nitrogen and oxygen atoms in total. The molecule has 0 saturated carbocycles. The highest BCUT2D eigenvalue weighted by molar-refractivity contribution is 7.89. The molecule has 0 aliphatic carbocycles. The Labute approximate surface area is 148 Å². The van der Waals surface area contributed by atoms with E-state index in [9.17, 15) is 13.2 Å². The first-order valence-corrected chi connectivity index (χ1v) is 10.2. The van der Waals surface area contributed by atoms with Crippen LogP contribution < -0.4 is 10.6 Å². The van der Waals surface area contributed by atoms with E-state index in [4.69, 9.17) is 4.42 Å². The van der Waals surface area contributed by atoms with Gasteiger partial charge in [0.15, 0.2) is 5.76 Å². The Morgan fingerprint density at radius 3 is 2.60 bits per heavy atom. The standard InChI is InChI=1S/C16H26N4O4S/c1-13-15(25(22,23)20-7-2-3-8-20)12-14(24-13)16(21)18-6-11-19-9-4-17-5-10-19/h12,17H,2-11H2,1H3,(H,18,21). The molecule has 0 unspecified atom stereocenters. The van der Waals surface area contributed by atoms with Crippen LogP contribution >= 0.6 is 0 Å². The lowest BCUT2D eigenvalue weighted by Gasteiger charge is -2.26. The van der Waals surface area contributed by atoms with E-state index in [0.29, 0.717) is 19.6 Å². The number of carbonyl (C=O) groups is 1. The fourth-order valence-corrected chi connectivity index (χ4v) is 4.93. The molecule has 1 amide bonds. The van der Waals surface area contributed by atoms with Gasteiger partial charge >= 0.3 is 0 Å². The highest BCUT2D eigenvalue weighted by Gasteiger charge is 2.31. The quantitative estimate of drug-likeness (QED) is 0.732. The average molecular weight is 370 g/mol. The third kappa shape index (κ3) is 4.22. The van der Waals surface area contributed by atoms with Gasteiger partial charge in [0.1, 0.15) is 10.7 Å². The zero-order chi connectivity index (χ0) is 17.9. The molecule has 0 radical (unpaired) electrons. The van der Waals surface area contributed by atoms with Crippen molar-refractivity contribution >= 4 is 15.9 Å². The van der Waals surface area contributed by atoms with Crippen molar-refractivity contribution in [2.45, 2.75) is 24.7 Å². The van der Waals surface area contributed by atoms with E-state index in [-0.39, 0.29) is 22.3 Å². The van der Waals surface area contributed by atoms with E-state index in [1.165, 1.54) is 10.4 Å². The van der Waals surface area contributed by atoms with Gasteiger partial charge in [0, 0.05) is 58.4 Å². The van der Waals surface area contributed by atoms with Gasteiger partial charge in [-0.3, -0.25) is 9.69 Å². The van der Waals surface area contributed by atoms with Gasteiger partial charge in [-0.15, -0.1) is 0 Å². The zero-order valence-corrected chi connectivity index (χ0v) is 15.4. The molecule has 9 heteroatoms. The van der Waals surface area contributed by atoms with Crippen LogP contribution in [0.2, 0.25) is 0 Å². The molecule has 1 aromatic heterocycles. The van der Waals surface area contributed by atoms with Crippen LogP contribution in [-0.2, 0) is 10.0 Å². The van der Waals surface area contributed by atoms with Gasteiger partial charge in [0.05, 0.1) is 0 Å². The number of amides is 1. The lowest BCUT2D eigenvalue weighted by molar-refractivity contribution is 0.0918. The maximum atomic E-state index is 12.6. The van der Waals surface area contributed by atoms with Gasteiger partial charge in [-0.2, -0.15) is 4.31 Å². The van der Waals surface area contributed by atoms with Crippen molar-refractivity contribution in [2.75, 3.05) is 52.4 Å². The second-order valence-corrected chi connectivity index (χ2v) is 8.40. The summed E-state index contributed by atoms with van der Waals surface area (Å²) in [7, 11) is -3.58. The third-order valence-electron chi connectivity index (χ3n) is 4.70. The van der Waals surface area contributed by atoms with E-state index in [1.807, 2.05) is 0 Å². The minimum Gasteiger partial charge on any atom is -0.455 e. The van der Waals surface area contributed by atoms with E-state index >= 15 is 0 Å². The molecule has 0 atom stereocenters. The highest BCUT2D eigenvalue weighted by Crippen LogP contribution is 2.26. The van der Waals surface area contributed by atoms with E-state index in [0.717, 1.165) is 45.6 Å². The molecule has 2 fully saturated rings. The molecule has 140 valence electrons. The van der Waals surface area contributed by atoms with Crippen molar-refractivity contribution in [2.24, 2.45) is 0 Å². The second-order valence-electron chi connectivity index (χ2n) is 6.49. The number of hydrogen-bond acceptors (Lipinski definition) is 6. The molecule has 0 bridgehead atoms. The van der Waals surface area contributed by atoms with Gasteiger partial charge in [0.2, 0.25) is 10.0 Å². The molecule has 3 rings (SSSR count). The number of nitrogens with zero attached hydrogens (tertiary/aromatic N) is 2. The largest absolute Gasteiger partial charge is 0.455 e. The summed E-state index contributed by atoms with van der Waals surface area (Å²) < 4.78 is 32.1. The van der Waals surface area contributed by atoms with Crippen molar-refractivity contribution in [1.82, 2.24) is 19.8 Å². The first kappa shape index (κ1) is 18.4. The van der Waals surface area contributed by atoms with Gasteiger partial charge in [-0.05, 0) is 19.8 Å². The van der Waals surface area contributed by atoms with Crippen molar-refractivity contribution < 1.29 is 17.6 Å². The van der Waals surface area contributed by atoms with Gasteiger partial charge in [0.25, 0.3) is 5.91 Å². The normalized spacial score (nSPS) is 20.0. The van der Waals surface area contributed by atoms with Crippen molar-refractivity contribution in [1.29, 1.82) is 0 Å². The molecular weight excluding hydrogens is 344 g/mol. The van der Waals surface area contributed by atoms with Gasteiger partial charge in [-0.1, -0.05) is 0 Å². The number of piperazine rings is 1. The minimum atomic E-state index is -3.58. The number of rotatable bonds is 6. The predicted molar refractivity (Wildman–Crippen MR) is 93.1 cm³/mol. The Balaban J connectivity index is 1.60. The molecule has 0 spiro atoms.